The Morgan fingerprint density at radius 2 is 1.62 bits per heavy atom. The first-order chi connectivity index (χ1) is 25.2. The van der Waals surface area contributed by atoms with Gasteiger partial charge in [0.15, 0.2) is 0 Å². The zero-order valence-corrected chi connectivity index (χ0v) is 30.0. The van der Waals surface area contributed by atoms with E-state index in [4.69, 9.17) is 10.5 Å². The molecule has 1 aliphatic heterocycles. The van der Waals surface area contributed by atoms with Gasteiger partial charge in [-0.3, -0.25) is 28.9 Å². The number of aromatic nitrogens is 1. The SMILES string of the molecule is CC(C)(C)C(c1cc(-c2cc(F)ccc2F)cn1Cc1ccccc1)N(CC[C@H](N)C(=O)NCCOCCNC(=O)CN1C(=O)C=CC1=O)C(=O)CO. The largest absolute Gasteiger partial charge is 0.387 e. The predicted molar refractivity (Wildman–Crippen MR) is 192 cm³/mol. The van der Waals surface area contributed by atoms with Crippen molar-refractivity contribution >= 4 is 29.5 Å². The summed E-state index contributed by atoms with van der Waals surface area (Å²) < 4.78 is 36.6. The number of ether oxygens (including phenoxy) is 1. The highest BCUT2D eigenvalue weighted by molar-refractivity contribution is 6.14. The van der Waals surface area contributed by atoms with Crippen molar-refractivity contribution in [2.75, 3.05) is 46.0 Å². The fourth-order valence-electron chi connectivity index (χ4n) is 6.04. The van der Waals surface area contributed by atoms with E-state index in [1.54, 1.807) is 12.3 Å². The molecule has 284 valence electrons. The van der Waals surface area contributed by atoms with E-state index in [-0.39, 0.29) is 44.8 Å². The van der Waals surface area contributed by atoms with E-state index in [2.05, 4.69) is 10.6 Å². The monoisotopic (exact) mass is 736 g/mol. The van der Waals surface area contributed by atoms with Gasteiger partial charge in [0.2, 0.25) is 17.7 Å². The van der Waals surface area contributed by atoms with Crippen LogP contribution in [0.2, 0.25) is 0 Å². The highest BCUT2D eigenvalue weighted by Crippen LogP contribution is 2.41. The molecule has 0 saturated carbocycles. The Hall–Kier alpha value is -5.25. The van der Waals surface area contributed by atoms with Gasteiger partial charge in [-0.05, 0) is 41.7 Å². The Morgan fingerprint density at radius 3 is 2.26 bits per heavy atom. The Labute approximate surface area is 306 Å². The van der Waals surface area contributed by atoms with E-state index in [1.165, 1.54) is 4.90 Å². The molecule has 5 amide bonds. The normalized spacial score (nSPS) is 14.0. The summed E-state index contributed by atoms with van der Waals surface area (Å²) in [7, 11) is 0. The van der Waals surface area contributed by atoms with Crippen molar-refractivity contribution in [1.29, 1.82) is 0 Å². The highest BCUT2D eigenvalue weighted by atomic mass is 19.1. The Bertz CT molecular complexity index is 1790. The molecule has 53 heavy (non-hydrogen) atoms. The Balaban J connectivity index is 1.39. The van der Waals surface area contributed by atoms with Gasteiger partial charge in [0.1, 0.15) is 24.8 Å². The summed E-state index contributed by atoms with van der Waals surface area (Å²) in [5, 5.41) is 15.3. The Kier molecular flexibility index (Phi) is 14.1. The van der Waals surface area contributed by atoms with Gasteiger partial charge in [0.25, 0.3) is 11.8 Å². The summed E-state index contributed by atoms with van der Waals surface area (Å²) in [6.45, 7) is 5.36. The number of carbonyl (C=O) groups is 5. The maximum atomic E-state index is 15.0. The lowest BCUT2D eigenvalue weighted by molar-refractivity contribution is -0.141. The number of imide groups is 1. The summed E-state index contributed by atoms with van der Waals surface area (Å²) >= 11 is 0. The summed E-state index contributed by atoms with van der Waals surface area (Å²) in [6.07, 6.45) is 3.94. The summed E-state index contributed by atoms with van der Waals surface area (Å²) in [5.74, 6) is -3.93. The van der Waals surface area contributed by atoms with Crippen molar-refractivity contribution in [3.8, 4) is 11.1 Å². The van der Waals surface area contributed by atoms with Crippen LogP contribution in [0.4, 0.5) is 8.78 Å². The fourth-order valence-corrected chi connectivity index (χ4v) is 6.04. The van der Waals surface area contributed by atoms with Crippen molar-refractivity contribution in [1.82, 2.24) is 25.0 Å². The molecule has 1 aliphatic rings. The average Bonchev–Trinajstić information content (AvgIpc) is 3.67. The number of amides is 5. The van der Waals surface area contributed by atoms with Crippen molar-refractivity contribution in [2.45, 2.75) is 45.8 Å². The van der Waals surface area contributed by atoms with Crippen LogP contribution in [0.1, 0.15) is 44.5 Å². The molecule has 5 N–H and O–H groups in total. The average molecular weight is 737 g/mol. The van der Waals surface area contributed by atoms with Crippen molar-refractivity contribution in [3.63, 3.8) is 0 Å². The number of aliphatic hydroxyl groups is 1. The molecule has 2 atom stereocenters. The first-order valence-electron chi connectivity index (χ1n) is 17.2. The number of hydrogen-bond acceptors (Lipinski definition) is 8. The van der Waals surface area contributed by atoms with E-state index >= 15 is 0 Å². The van der Waals surface area contributed by atoms with Crippen LogP contribution in [-0.2, 0) is 35.3 Å². The van der Waals surface area contributed by atoms with Gasteiger partial charge in [-0.1, -0.05) is 51.1 Å². The van der Waals surface area contributed by atoms with Gasteiger partial charge in [-0.2, -0.15) is 0 Å². The number of nitrogens with two attached hydrogens (primary N) is 1. The predicted octanol–water partition coefficient (Wildman–Crippen LogP) is 2.28. The number of benzene rings is 2. The van der Waals surface area contributed by atoms with E-state index in [0.29, 0.717) is 17.8 Å². The second kappa shape index (κ2) is 18.5. The molecule has 15 heteroatoms. The number of hydrogen-bond donors (Lipinski definition) is 4. The lowest BCUT2D eigenvalue weighted by Gasteiger charge is -2.41. The quantitative estimate of drug-likeness (QED) is 0.114. The van der Waals surface area contributed by atoms with Crippen molar-refractivity contribution in [3.05, 3.63) is 95.8 Å². The van der Waals surface area contributed by atoms with Crippen LogP contribution in [0.25, 0.3) is 11.1 Å². The van der Waals surface area contributed by atoms with Gasteiger partial charge >= 0.3 is 0 Å². The third-order valence-corrected chi connectivity index (χ3v) is 8.57. The highest BCUT2D eigenvalue weighted by Gasteiger charge is 2.37. The second-order valence-corrected chi connectivity index (χ2v) is 13.6. The maximum Gasteiger partial charge on any atom is 0.254 e. The van der Waals surface area contributed by atoms with Crippen LogP contribution in [-0.4, -0.2) is 101 Å². The molecule has 13 nitrogen and oxygen atoms in total. The van der Waals surface area contributed by atoms with Gasteiger partial charge in [-0.25, -0.2) is 8.78 Å². The molecule has 0 aliphatic carbocycles. The van der Waals surface area contributed by atoms with E-state index in [1.807, 2.05) is 55.7 Å². The van der Waals surface area contributed by atoms with Gasteiger partial charge in [0.05, 0.1) is 25.3 Å². The lowest BCUT2D eigenvalue weighted by atomic mass is 9.82. The number of rotatable bonds is 18. The summed E-state index contributed by atoms with van der Waals surface area (Å²) in [6, 6.07) is 12.7. The minimum atomic E-state index is -1.03. The third-order valence-electron chi connectivity index (χ3n) is 8.57. The van der Waals surface area contributed by atoms with E-state index in [9.17, 15) is 37.9 Å². The van der Waals surface area contributed by atoms with Crippen molar-refractivity contribution < 1.29 is 42.6 Å². The molecule has 4 rings (SSSR count). The molecule has 3 aromatic rings. The molecule has 2 heterocycles. The third kappa shape index (κ3) is 11.1. The van der Waals surface area contributed by atoms with Crippen LogP contribution in [0.15, 0.2) is 72.9 Å². The molecule has 2 aromatic carbocycles. The molecular formula is C38H46F2N6O7. The van der Waals surface area contributed by atoms with Crippen LogP contribution in [0.5, 0.6) is 0 Å². The molecule has 0 saturated heterocycles. The number of carbonyl (C=O) groups excluding carboxylic acids is 5. The van der Waals surface area contributed by atoms with Crippen LogP contribution >= 0.6 is 0 Å². The smallest absolute Gasteiger partial charge is 0.254 e. The van der Waals surface area contributed by atoms with E-state index in [0.717, 1.165) is 40.8 Å². The minimum Gasteiger partial charge on any atom is -0.387 e. The summed E-state index contributed by atoms with van der Waals surface area (Å²) in [4.78, 5) is 63.7. The molecule has 0 fully saturated rings. The lowest BCUT2D eigenvalue weighted by Crippen LogP contribution is -2.48. The maximum absolute atomic E-state index is 15.0. The van der Waals surface area contributed by atoms with Gasteiger partial charge in [0, 0.05) is 61.3 Å². The molecule has 1 aromatic heterocycles. The zero-order valence-electron chi connectivity index (χ0n) is 30.0. The zero-order chi connectivity index (χ0) is 38.7. The van der Waals surface area contributed by atoms with Gasteiger partial charge < -0.3 is 35.7 Å². The summed E-state index contributed by atoms with van der Waals surface area (Å²) in [5.41, 5.74) is 7.61. The first-order valence-corrected chi connectivity index (χ1v) is 17.2. The molecule has 0 bridgehead atoms. The fraction of sp³-hybridized carbons (Fsp3) is 0.395. The molecular weight excluding hydrogens is 690 g/mol. The van der Waals surface area contributed by atoms with Gasteiger partial charge in [-0.15, -0.1) is 0 Å². The Morgan fingerprint density at radius 1 is 0.962 bits per heavy atom. The topological polar surface area (TPSA) is 176 Å². The van der Waals surface area contributed by atoms with Crippen LogP contribution in [0, 0.1) is 17.0 Å². The van der Waals surface area contributed by atoms with Crippen molar-refractivity contribution in [2.24, 2.45) is 11.1 Å². The number of halogens is 2. The standard InChI is InChI=1S/C38H46F2N6O7/c1-38(2,3)36(31-19-26(28-20-27(39)9-10-29(28)40)22-44(31)21-25-7-5-4-6-8-25)45(35(51)24-47)16-13-30(41)37(52)43-15-18-53-17-14-42-32(48)23-46-33(49)11-12-34(46)50/h4-12,19-20,22,30,36,47H,13-18,21,23-24,41H2,1-3H3,(H,42,48)(H,43,52)/t30-,36?/m0/s1. The second-order valence-electron chi connectivity index (χ2n) is 13.6. The molecule has 0 spiro atoms. The number of aliphatic hydroxyl groups excluding tert-OH is 1. The first kappa shape index (κ1) is 40.5. The minimum absolute atomic E-state index is 0.00300. The molecule has 1 unspecified atom stereocenters. The number of nitrogens with one attached hydrogen (secondary N) is 2. The molecule has 0 radical (unpaired) electrons. The van der Waals surface area contributed by atoms with E-state index < -0.39 is 71.8 Å². The van der Waals surface area contributed by atoms with Crippen LogP contribution < -0.4 is 16.4 Å². The number of nitrogens with zero attached hydrogens (tertiary/aromatic N) is 3. The van der Waals surface area contributed by atoms with Crippen LogP contribution in [0.3, 0.4) is 0 Å².